The van der Waals surface area contributed by atoms with Crippen LogP contribution in [0, 0.1) is 0 Å². The Balaban J connectivity index is 1.70. The lowest BCUT2D eigenvalue weighted by Crippen LogP contribution is -2.44. The molecule has 228 valence electrons. The van der Waals surface area contributed by atoms with Gasteiger partial charge in [0, 0.05) is 13.0 Å². The van der Waals surface area contributed by atoms with Crippen LogP contribution in [0.25, 0.3) is 0 Å². The number of nitrogens with zero attached hydrogens (tertiary/aromatic N) is 3. The lowest BCUT2D eigenvalue weighted by atomic mass is 10.1. The molecule has 2 saturated heterocycles. The predicted octanol–water partition coefficient (Wildman–Crippen LogP) is 3.56. The minimum Gasteiger partial charge on any atom is -0.466 e. The van der Waals surface area contributed by atoms with Crippen molar-refractivity contribution in [3.8, 4) is 0 Å². The molecule has 11 nitrogen and oxygen atoms in total. The van der Waals surface area contributed by atoms with E-state index in [0.29, 0.717) is 0 Å². The molecule has 0 saturated carbocycles. The van der Waals surface area contributed by atoms with Gasteiger partial charge in [-0.3, -0.25) is 14.2 Å². The van der Waals surface area contributed by atoms with E-state index in [1.807, 2.05) is 13.0 Å². The monoisotopic (exact) mass is 575 g/mol. The second-order valence-electron chi connectivity index (χ2n) is 11.1. The average Bonchev–Trinajstić information content (AvgIpc) is 3.42. The topological polar surface area (TPSA) is 131 Å². The Labute approximate surface area is 241 Å². The van der Waals surface area contributed by atoms with E-state index in [2.05, 4.69) is 38.0 Å². The van der Waals surface area contributed by atoms with Gasteiger partial charge in [0.15, 0.2) is 12.0 Å². The number of allylic oxidation sites excluding steroid dienone is 6. The molecule has 41 heavy (non-hydrogen) atoms. The van der Waals surface area contributed by atoms with Gasteiger partial charge >= 0.3 is 11.7 Å². The molecule has 3 rings (SSSR count). The van der Waals surface area contributed by atoms with Gasteiger partial charge in [-0.1, -0.05) is 34.9 Å². The van der Waals surface area contributed by atoms with Crippen molar-refractivity contribution in [2.45, 2.75) is 117 Å². The number of ether oxygens (including phenoxy) is 4. The van der Waals surface area contributed by atoms with Crippen LogP contribution in [-0.4, -0.2) is 62.7 Å². The fourth-order valence-electron chi connectivity index (χ4n) is 4.98. The number of rotatable bonds is 14. The largest absolute Gasteiger partial charge is 0.466 e. The molecule has 0 aliphatic carbocycles. The molecule has 0 amide bonds. The molecular formula is C30H45N3O8. The minimum atomic E-state index is -1.14. The number of aromatic nitrogens is 3. The molecule has 0 radical (unpaired) electrons. The Bertz CT molecular complexity index is 1260. The fraction of sp³-hybridized carbons (Fsp3) is 0.667. The molecule has 1 aromatic heterocycles. The van der Waals surface area contributed by atoms with Crippen molar-refractivity contribution < 1.29 is 28.8 Å². The van der Waals surface area contributed by atoms with Crippen molar-refractivity contribution in [3.05, 3.63) is 62.0 Å². The Morgan fingerprint density at radius 3 is 2.37 bits per heavy atom. The summed E-state index contributed by atoms with van der Waals surface area (Å²) in [5, 5.41) is 14.0. The van der Waals surface area contributed by atoms with Gasteiger partial charge in [0.1, 0.15) is 24.5 Å². The van der Waals surface area contributed by atoms with Crippen LogP contribution in [-0.2, 0) is 30.3 Å². The van der Waals surface area contributed by atoms with Gasteiger partial charge in [-0.2, -0.15) is 9.78 Å². The molecule has 2 aliphatic heterocycles. The van der Waals surface area contributed by atoms with E-state index in [0.717, 1.165) is 46.7 Å². The van der Waals surface area contributed by atoms with Gasteiger partial charge < -0.3 is 24.1 Å². The summed E-state index contributed by atoms with van der Waals surface area (Å²) in [7, 11) is 0. The first-order valence-electron chi connectivity index (χ1n) is 14.4. The third-order valence-corrected chi connectivity index (χ3v) is 7.30. The normalized spacial score (nSPS) is 26.2. The number of aliphatic hydroxyl groups excluding tert-OH is 1. The number of hydrogen-bond acceptors (Lipinski definition) is 9. The summed E-state index contributed by atoms with van der Waals surface area (Å²) in [5.41, 5.74) is 2.55. The first kappa shape index (κ1) is 32.7. The molecule has 1 N–H and O–H groups in total. The number of fused-ring (bicyclic) bond motifs is 1. The zero-order chi connectivity index (χ0) is 30.2. The van der Waals surface area contributed by atoms with E-state index in [1.165, 1.54) is 11.1 Å². The van der Waals surface area contributed by atoms with Crippen LogP contribution in [0.15, 0.2) is 50.7 Å². The first-order valence-corrected chi connectivity index (χ1v) is 14.4. The summed E-state index contributed by atoms with van der Waals surface area (Å²) in [6.45, 7) is 11.7. The predicted molar refractivity (Wildman–Crippen MR) is 153 cm³/mol. The van der Waals surface area contributed by atoms with Gasteiger partial charge in [-0.15, -0.1) is 0 Å². The molecule has 0 bridgehead atoms. The van der Waals surface area contributed by atoms with Gasteiger partial charge in [-0.25, -0.2) is 4.79 Å². The van der Waals surface area contributed by atoms with Crippen LogP contribution in [0.2, 0.25) is 0 Å². The second kappa shape index (κ2) is 14.9. The van der Waals surface area contributed by atoms with Crippen LogP contribution < -0.4 is 11.2 Å². The molecule has 1 unspecified atom stereocenters. The third kappa shape index (κ3) is 8.81. The van der Waals surface area contributed by atoms with Crippen molar-refractivity contribution >= 4 is 5.97 Å². The summed E-state index contributed by atoms with van der Waals surface area (Å²) in [4.78, 5) is 37.9. The number of aliphatic hydroxyl groups is 1. The van der Waals surface area contributed by atoms with Crippen LogP contribution in [0.3, 0.4) is 0 Å². The van der Waals surface area contributed by atoms with Crippen molar-refractivity contribution in [1.82, 2.24) is 14.3 Å². The van der Waals surface area contributed by atoms with Gasteiger partial charge in [-0.05, 0) is 67.2 Å². The molecule has 0 spiro atoms. The van der Waals surface area contributed by atoms with E-state index in [1.54, 1.807) is 13.8 Å². The zero-order valence-electron chi connectivity index (χ0n) is 25.1. The SMILES string of the molecule is CCOC(=O)CC[C@]1(C)OC2[C@@H](CO)O[C@@H](n3ncc(=O)n(C/C=C(\C)CC/C=C(\C)CCC=C(C)C)c3=O)[C@H]2O1. The van der Waals surface area contributed by atoms with Crippen LogP contribution in [0.5, 0.6) is 0 Å². The highest BCUT2D eigenvalue weighted by atomic mass is 16.8. The summed E-state index contributed by atoms with van der Waals surface area (Å²) >= 11 is 0. The standard InChI is InChI=1S/C30H45N3O8/c1-7-38-25(36)14-16-30(6)40-26-23(19-34)39-28(27(26)41-30)33-29(37)32(24(35)18-31-33)17-15-22(5)13-9-12-21(4)11-8-10-20(2)3/h10,12,15,18,23,26-28,34H,7-9,11,13-14,16-17,19H2,1-6H3/b21-12+,22-15+/t23-,26?,27+,28-,30-/m1/s1. The summed E-state index contributed by atoms with van der Waals surface area (Å²) in [6.07, 6.45) is 8.22. The zero-order valence-corrected chi connectivity index (χ0v) is 25.1. The van der Waals surface area contributed by atoms with Crippen molar-refractivity contribution in [1.29, 1.82) is 0 Å². The van der Waals surface area contributed by atoms with E-state index in [9.17, 15) is 19.5 Å². The molecule has 5 atom stereocenters. The van der Waals surface area contributed by atoms with Crippen LogP contribution in [0.1, 0.15) is 86.3 Å². The highest BCUT2D eigenvalue weighted by Gasteiger charge is 2.57. The first-order chi connectivity index (χ1) is 19.5. The highest BCUT2D eigenvalue weighted by Crippen LogP contribution is 2.44. The molecular weight excluding hydrogens is 530 g/mol. The maximum absolute atomic E-state index is 13.4. The molecule has 1 aromatic rings. The number of esters is 1. The summed E-state index contributed by atoms with van der Waals surface area (Å²) in [6, 6.07) is 0. The summed E-state index contributed by atoms with van der Waals surface area (Å²) in [5.74, 6) is -1.52. The van der Waals surface area contributed by atoms with Gasteiger partial charge in [0.25, 0.3) is 5.56 Å². The third-order valence-electron chi connectivity index (χ3n) is 7.30. The molecule has 2 fully saturated rings. The van der Waals surface area contributed by atoms with E-state index < -0.39 is 41.6 Å². The second-order valence-corrected chi connectivity index (χ2v) is 11.1. The number of carbonyl (C=O) groups excluding carboxylic acids is 1. The highest BCUT2D eigenvalue weighted by molar-refractivity contribution is 5.69. The molecule has 11 heteroatoms. The van der Waals surface area contributed by atoms with E-state index in [4.69, 9.17) is 18.9 Å². The van der Waals surface area contributed by atoms with Gasteiger partial charge in [0.05, 0.1) is 19.6 Å². The van der Waals surface area contributed by atoms with Crippen molar-refractivity contribution in [2.24, 2.45) is 0 Å². The van der Waals surface area contributed by atoms with Crippen molar-refractivity contribution in [3.63, 3.8) is 0 Å². The van der Waals surface area contributed by atoms with E-state index >= 15 is 0 Å². The summed E-state index contributed by atoms with van der Waals surface area (Å²) < 4.78 is 25.3. The Kier molecular flexibility index (Phi) is 11.8. The fourth-order valence-corrected chi connectivity index (χ4v) is 4.98. The Hall–Kier alpha value is -2.86. The minimum absolute atomic E-state index is 0.0825. The molecule has 2 aliphatic rings. The molecule has 0 aromatic carbocycles. The van der Waals surface area contributed by atoms with Gasteiger partial charge in [0.2, 0.25) is 0 Å². The Morgan fingerprint density at radius 1 is 1.05 bits per heavy atom. The quantitative estimate of drug-likeness (QED) is 0.261. The van der Waals surface area contributed by atoms with Crippen LogP contribution in [0.4, 0.5) is 0 Å². The Morgan fingerprint density at radius 2 is 1.71 bits per heavy atom. The smallest absolute Gasteiger partial charge is 0.350 e. The maximum Gasteiger partial charge on any atom is 0.350 e. The average molecular weight is 576 g/mol. The maximum atomic E-state index is 13.4. The number of hydrogen-bond donors (Lipinski definition) is 1. The van der Waals surface area contributed by atoms with E-state index in [-0.39, 0.29) is 38.6 Å². The van der Waals surface area contributed by atoms with Crippen molar-refractivity contribution in [2.75, 3.05) is 13.2 Å². The lowest BCUT2D eigenvalue weighted by Gasteiger charge is -2.27. The molecule has 3 heterocycles. The lowest BCUT2D eigenvalue weighted by molar-refractivity contribution is -0.216. The van der Waals surface area contributed by atoms with Crippen LogP contribution >= 0.6 is 0 Å². The number of carbonyl (C=O) groups is 1.